The molecule has 0 N–H and O–H groups in total. The van der Waals surface area contributed by atoms with Gasteiger partial charge in [-0.15, -0.1) is 0 Å². The van der Waals surface area contributed by atoms with Crippen LogP contribution < -0.4 is 0 Å². The molecule has 4 aliphatic rings. The number of carbonyl (C=O) groups is 2. The van der Waals surface area contributed by atoms with Gasteiger partial charge in [0.05, 0.1) is 11.1 Å². The number of amides is 2. The van der Waals surface area contributed by atoms with Crippen LogP contribution in [0.1, 0.15) is 88.2 Å². The van der Waals surface area contributed by atoms with Crippen LogP contribution in [0, 0.1) is 5.92 Å². The second-order valence-corrected chi connectivity index (χ2v) is 13.9. The summed E-state index contributed by atoms with van der Waals surface area (Å²) in [6.07, 6.45) is 11.8. The molecule has 242 valence electrons. The Kier molecular flexibility index (Phi) is 8.02. The second-order valence-electron chi connectivity index (χ2n) is 13.9. The van der Waals surface area contributed by atoms with Crippen molar-refractivity contribution in [1.29, 1.82) is 0 Å². The van der Waals surface area contributed by atoms with Gasteiger partial charge in [0.15, 0.2) is 11.4 Å². The number of likely N-dealkylation sites (tertiary alicyclic amines) is 1. The summed E-state index contributed by atoms with van der Waals surface area (Å²) in [4.78, 5) is 34.1. The summed E-state index contributed by atoms with van der Waals surface area (Å²) >= 11 is 0. The molecule has 3 fully saturated rings. The number of epoxide rings is 1. The molecule has 0 unspecified atom stereocenters. The number of benzene rings is 3. The number of hydrogen-bond donors (Lipinski definition) is 0. The van der Waals surface area contributed by atoms with Gasteiger partial charge >= 0.3 is 0 Å². The number of nitrogens with zero attached hydrogens (tertiary/aromatic N) is 5. The van der Waals surface area contributed by atoms with Gasteiger partial charge in [0.1, 0.15) is 11.9 Å². The number of aromatic nitrogens is 3. The first-order valence-corrected chi connectivity index (χ1v) is 17.5. The molecule has 2 saturated heterocycles. The van der Waals surface area contributed by atoms with E-state index in [4.69, 9.17) is 14.8 Å². The van der Waals surface area contributed by atoms with E-state index in [1.807, 2.05) is 6.33 Å². The summed E-state index contributed by atoms with van der Waals surface area (Å²) in [6, 6.07) is 26.3. The maximum Gasteiger partial charge on any atom is 0.261 e. The average molecular weight is 630 g/mol. The fourth-order valence-corrected chi connectivity index (χ4v) is 8.26. The standard InChI is InChI=1S/C39H43N5O3/c45-35-33-11-5-6-12-34(33)36(46)44(35)26-20-30-15-13-29(14-16-30)17-23-42-24-18-31(19-25-42)27-43-28-40-37(41-43)39(32-9-3-1-4-10-32)38(47-39)21-7-2-8-22-38/h1,3-6,9-16,28,31H,2,7-8,17-27H2/t39-/m1/s1. The molecular weight excluding hydrogens is 586 g/mol. The van der Waals surface area contributed by atoms with Crippen LogP contribution in [0.15, 0.2) is 85.2 Å². The number of fused-ring (bicyclic) bond motifs is 1. The van der Waals surface area contributed by atoms with E-state index in [2.05, 4.69) is 64.2 Å². The minimum atomic E-state index is -0.500. The Morgan fingerprint density at radius 2 is 1.36 bits per heavy atom. The maximum atomic E-state index is 12.7. The lowest BCUT2D eigenvalue weighted by Crippen LogP contribution is -2.36. The quantitative estimate of drug-likeness (QED) is 0.157. The van der Waals surface area contributed by atoms with Crippen LogP contribution >= 0.6 is 0 Å². The van der Waals surface area contributed by atoms with Gasteiger partial charge in [-0.2, -0.15) is 5.10 Å². The van der Waals surface area contributed by atoms with Crippen LogP contribution in [0.3, 0.4) is 0 Å². The predicted octanol–water partition coefficient (Wildman–Crippen LogP) is 6.05. The summed E-state index contributed by atoms with van der Waals surface area (Å²) in [5.41, 5.74) is 4.02. The molecule has 3 aromatic carbocycles. The van der Waals surface area contributed by atoms with Gasteiger partial charge < -0.3 is 9.64 Å². The molecule has 1 aromatic heterocycles. The molecule has 8 nitrogen and oxygen atoms in total. The van der Waals surface area contributed by atoms with E-state index in [0.717, 1.165) is 69.7 Å². The Labute approximate surface area is 276 Å². The van der Waals surface area contributed by atoms with E-state index in [-0.39, 0.29) is 17.4 Å². The summed E-state index contributed by atoms with van der Waals surface area (Å²) in [6.45, 7) is 4.56. The van der Waals surface area contributed by atoms with Gasteiger partial charge in [0.2, 0.25) is 0 Å². The van der Waals surface area contributed by atoms with E-state index in [1.165, 1.54) is 35.3 Å². The maximum absolute atomic E-state index is 12.7. The zero-order valence-corrected chi connectivity index (χ0v) is 27.0. The topological polar surface area (TPSA) is 83.9 Å². The molecule has 0 bridgehead atoms. The highest BCUT2D eigenvalue weighted by atomic mass is 16.6. The van der Waals surface area contributed by atoms with Crippen LogP contribution in [-0.2, 0) is 29.7 Å². The van der Waals surface area contributed by atoms with Gasteiger partial charge in [-0.25, -0.2) is 4.98 Å². The lowest BCUT2D eigenvalue weighted by atomic mass is 9.76. The second kappa shape index (κ2) is 12.5. The Hall–Kier alpha value is -4.14. The van der Waals surface area contributed by atoms with Gasteiger partial charge in [0, 0.05) is 19.6 Å². The van der Waals surface area contributed by atoms with Crippen molar-refractivity contribution < 1.29 is 14.3 Å². The first kappa shape index (κ1) is 30.2. The smallest absolute Gasteiger partial charge is 0.261 e. The first-order valence-electron chi connectivity index (χ1n) is 17.5. The van der Waals surface area contributed by atoms with Crippen molar-refractivity contribution in [2.24, 2.45) is 5.92 Å². The highest BCUT2D eigenvalue weighted by Crippen LogP contribution is 2.64. The molecule has 0 radical (unpaired) electrons. The first-order chi connectivity index (χ1) is 23.0. The van der Waals surface area contributed by atoms with Crippen LogP contribution in [0.5, 0.6) is 0 Å². The van der Waals surface area contributed by atoms with Crippen molar-refractivity contribution in [2.45, 2.75) is 75.5 Å². The largest absolute Gasteiger partial charge is 0.349 e. The number of ether oxygens (including phenoxy) is 1. The van der Waals surface area contributed by atoms with E-state index in [9.17, 15) is 9.59 Å². The van der Waals surface area contributed by atoms with Crippen LogP contribution in [0.25, 0.3) is 0 Å². The Balaban J connectivity index is 0.807. The number of carbonyl (C=O) groups excluding carboxylic acids is 2. The highest BCUT2D eigenvalue weighted by Gasteiger charge is 2.73. The Bertz CT molecular complexity index is 1700. The normalized spacial score (nSPS) is 22.6. The average Bonchev–Trinajstić information content (AvgIpc) is 3.37. The molecular formula is C39H43N5O3. The van der Waals surface area contributed by atoms with Crippen LogP contribution in [0.2, 0.25) is 0 Å². The van der Waals surface area contributed by atoms with Crippen molar-refractivity contribution in [1.82, 2.24) is 24.6 Å². The summed E-state index contributed by atoms with van der Waals surface area (Å²) in [5, 5.41) is 5.05. The van der Waals surface area contributed by atoms with E-state index < -0.39 is 5.60 Å². The third-order valence-electron chi connectivity index (χ3n) is 11.0. The molecule has 1 spiro atoms. The molecule has 2 amide bonds. The Morgan fingerprint density at radius 1 is 0.745 bits per heavy atom. The number of hydrogen-bond acceptors (Lipinski definition) is 6. The van der Waals surface area contributed by atoms with Crippen molar-refractivity contribution in [3.63, 3.8) is 0 Å². The van der Waals surface area contributed by atoms with Crippen LogP contribution in [-0.4, -0.2) is 68.2 Å². The highest BCUT2D eigenvalue weighted by molar-refractivity contribution is 6.21. The predicted molar refractivity (Wildman–Crippen MR) is 179 cm³/mol. The summed E-state index contributed by atoms with van der Waals surface area (Å²) < 4.78 is 8.74. The van der Waals surface area contributed by atoms with Crippen LogP contribution in [0.4, 0.5) is 0 Å². The molecule has 8 rings (SSSR count). The van der Waals surface area contributed by atoms with Gasteiger partial charge in [-0.3, -0.25) is 19.2 Å². The lowest BCUT2D eigenvalue weighted by Gasteiger charge is -2.31. The number of imide groups is 1. The molecule has 47 heavy (non-hydrogen) atoms. The molecule has 3 aliphatic heterocycles. The monoisotopic (exact) mass is 629 g/mol. The van der Waals surface area contributed by atoms with Gasteiger partial charge in [-0.05, 0) is 86.4 Å². The zero-order valence-electron chi connectivity index (χ0n) is 27.0. The fraction of sp³-hybridized carbons (Fsp3) is 0.436. The summed E-state index contributed by atoms with van der Waals surface area (Å²) in [7, 11) is 0. The summed E-state index contributed by atoms with van der Waals surface area (Å²) in [5.74, 6) is 1.05. The van der Waals surface area contributed by atoms with Crippen molar-refractivity contribution in [3.8, 4) is 0 Å². The van der Waals surface area contributed by atoms with Crippen molar-refractivity contribution >= 4 is 11.8 Å². The minimum Gasteiger partial charge on any atom is -0.349 e. The Morgan fingerprint density at radius 3 is 2.02 bits per heavy atom. The number of piperidine rings is 1. The third-order valence-corrected chi connectivity index (χ3v) is 11.0. The molecule has 1 aliphatic carbocycles. The fourth-order valence-electron chi connectivity index (χ4n) is 8.26. The van der Waals surface area contributed by atoms with Gasteiger partial charge in [0.25, 0.3) is 11.8 Å². The molecule has 1 saturated carbocycles. The van der Waals surface area contributed by atoms with Gasteiger partial charge in [-0.1, -0.05) is 86.0 Å². The number of rotatable bonds is 10. The molecule has 8 heteroatoms. The minimum absolute atomic E-state index is 0.147. The molecule has 1 atom stereocenters. The van der Waals surface area contributed by atoms with Crippen molar-refractivity contribution in [3.05, 3.63) is 119 Å². The zero-order chi connectivity index (χ0) is 31.8. The van der Waals surface area contributed by atoms with E-state index in [1.54, 1.807) is 24.3 Å². The van der Waals surface area contributed by atoms with E-state index >= 15 is 0 Å². The molecule has 4 aromatic rings. The third kappa shape index (κ3) is 5.61. The van der Waals surface area contributed by atoms with Crippen molar-refractivity contribution in [2.75, 3.05) is 26.2 Å². The van der Waals surface area contributed by atoms with E-state index in [0.29, 0.717) is 30.0 Å². The SMILES string of the molecule is O=C1c2ccccc2C(=O)N1CCc1ccc(CCN2CCC(Cn3cnc([C@@]4(c5ccccc5)OC45CCCCC5)n3)CC2)cc1. The molecule has 4 heterocycles. The lowest BCUT2D eigenvalue weighted by molar-refractivity contribution is 0.0656.